The van der Waals surface area contributed by atoms with Gasteiger partial charge in [-0.25, -0.2) is 0 Å². The average Bonchev–Trinajstić information content (AvgIpc) is 3.02. The molecule has 0 aromatic carbocycles. The van der Waals surface area contributed by atoms with E-state index in [2.05, 4.69) is 4.98 Å². The van der Waals surface area contributed by atoms with Crippen LogP contribution in [0.5, 0.6) is 0 Å². The number of ether oxygens (including phenoxy) is 3. The topological polar surface area (TPSA) is 60.9 Å². The summed E-state index contributed by atoms with van der Waals surface area (Å²) in [5.74, 6) is 0.585. The van der Waals surface area contributed by atoms with Crippen molar-refractivity contribution in [3.63, 3.8) is 0 Å². The quantitative estimate of drug-likeness (QED) is 0.706. The van der Waals surface area contributed by atoms with E-state index in [0.29, 0.717) is 12.5 Å². The molecular formula is C19H28N2O4. The lowest BCUT2D eigenvalue weighted by Gasteiger charge is -2.42. The van der Waals surface area contributed by atoms with Gasteiger partial charge in [0.25, 0.3) is 0 Å². The fourth-order valence-corrected chi connectivity index (χ4v) is 3.98. The number of methoxy groups -OCH3 is 1. The zero-order chi connectivity index (χ0) is 17.5. The molecule has 1 spiro atoms. The highest BCUT2D eigenvalue weighted by Gasteiger charge is 2.46. The summed E-state index contributed by atoms with van der Waals surface area (Å²) < 4.78 is 16.9. The number of hydrogen-bond acceptors (Lipinski definition) is 5. The molecule has 25 heavy (non-hydrogen) atoms. The van der Waals surface area contributed by atoms with E-state index in [1.807, 2.05) is 23.1 Å². The summed E-state index contributed by atoms with van der Waals surface area (Å²) in [4.78, 5) is 18.1. The highest BCUT2D eigenvalue weighted by molar-refractivity contribution is 5.77. The van der Waals surface area contributed by atoms with Crippen LogP contribution in [0.25, 0.3) is 0 Å². The molecule has 2 aliphatic heterocycles. The van der Waals surface area contributed by atoms with E-state index in [4.69, 9.17) is 14.2 Å². The smallest absolute Gasteiger partial charge is 0.248 e. The van der Waals surface area contributed by atoms with Crippen LogP contribution in [-0.4, -0.2) is 61.4 Å². The van der Waals surface area contributed by atoms with Crippen LogP contribution in [0.15, 0.2) is 24.4 Å². The summed E-state index contributed by atoms with van der Waals surface area (Å²) in [7, 11) is 1.56. The molecule has 2 aliphatic rings. The Kier molecular flexibility index (Phi) is 6.39. The van der Waals surface area contributed by atoms with Gasteiger partial charge >= 0.3 is 0 Å². The first-order valence-electron chi connectivity index (χ1n) is 9.12. The van der Waals surface area contributed by atoms with E-state index in [1.165, 1.54) is 0 Å². The molecule has 0 saturated carbocycles. The fraction of sp³-hybridized carbons (Fsp3) is 0.684. The van der Waals surface area contributed by atoms with Gasteiger partial charge in [0, 0.05) is 39.6 Å². The third kappa shape index (κ3) is 4.57. The van der Waals surface area contributed by atoms with Crippen molar-refractivity contribution in [3.8, 4) is 0 Å². The van der Waals surface area contributed by atoms with Gasteiger partial charge in [0.1, 0.15) is 6.61 Å². The van der Waals surface area contributed by atoms with Gasteiger partial charge in [-0.3, -0.25) is 9.78 Å². The van der Waals surface area contributed by atoms with Crippen LogP contribution in [-0.2, 0) is 25.6 Å². The predicted octanol–water partition coefficient (Wildman–Crippen LogP) is 2.03. The van der Waals surface area contributed by atoms with Crippen LogP contribution < -0.4 is 0 Å². The van der Waals surface area contributed by atoms with Crippen molar-refractivity contribution in [1.29, 1.82) is 0 Å². The summed E-state index contributed by atoms with van der Waals surface area (Å²) in [5, 5.41) is 0. The molecule has 138 valence electrons. The minimum Gasteiger partial charge on any atom is -0.375 e. The van der Waals surface area contributed by atoms with Crippen molar-refractivity contribution in [2.75, 3.05) is 40.0 Å². The third-order valence-corrected chi connectivity index (χ3v) is 5.42. The minimum absolute atomic E-state index is 0.0712. The summed E-state index contributed by atoms with van der Waals surface area (Å²) in [6, 6.07) is 5.87. The number of rotatable bonds is 7. The number of pyridine rings is 1. The second kappa shape index (κ2) is 8.74. The van der Waals surface area contributed by atoms with Crippen molar-refractivity contribution in [2.24, 2.45) is 5.92 Å². The number of hydrogen-bond donors (Lipinski definition) is 0. The minimum atomic E-state index is -0.0712. The summed E-state index contributed by atoms with van der Waals surface area (Å²) in [6.45, 7) is 3.77. The Morgan fingerprint density at radius 1 is 1.40 bits per heavy atom. The van der Waals surface area contributed by atoms with Crippen LogP contribution in [0.4, 0.5) is 0 Å². The second-order valence-electron chi connectivity index (χ2n) is 6.87. The molecule has 0 radical (unpaired) electrons. The van der Waals surface area contributed by atoms with Gasteiger partial charge in [-0.15, -0.1) is 0 Å². The Bertz CT molecular complexity index is 544. The molecule has 1 unspecified atom stereocenters. The lowest BCUT2D eigenvalue weighted by atomic mass is 9.78. The van der Waals surface area contributed by atoms with Crippen molar-refractivity contribution in [1.82, 2.24) is 9.88 Å². The Morgan fingerprint density at radius 3 is 2.96 bits per heavy atom. The molecule has 0 aliphatic carbocycles. The first-order chi connectivity index (χ1) is 12.2. The number of likely N-dealkylation sites (tertiary alicyclic amines) is 1. The highest BCUT2D eigenvalue weighted by Crippen LogP contribution is 2.42. The molecule has 0 N–H and O–H groups in total. The second-order valence-corrected chi connectivity index (χ2v) is 6.87. The van der Waals surface area contributed by atoms with E-state index in [0.717, 1.165) is 57.7 Å². The van der Waals surface area contributed by atoms with Crippen LogP contribution in [0, 0.1) is 5.92 Å². The number of carbonyl (C=O) groups is 1. The number of amides is 1. The van der Waals surface area contributed by atoms with Gasteiger partial charge in [-0.05, 0) is 43.7 Å². The molecular weight excluding hydrogens is 320 g/mol. The largest absolute Gasteiger partial charge is 0.375 e. The predicted molar refractivity (Wildman–Crippen MR) is 93.0 cm³/mol. The Morgan fingerprint density at radius 2 is 2.24 bits per heavy atom. The molecule has 6 heteroatoms. The van der Waals surface area contributed by atoms with Crippen LogP contribution in [0.1, 0.15) is 31.4 Å². The number of aromatic nitrogens is 1. The molecule has 2 fully saturated rings. The maximum atomic E-state index is 12.0. The number of carbonyl (C=O) groups excluding carboxylic acids is 1. The summed E-state index contributed by atoms with van der Waals surface area (Å²) in [6.07, 6.45) is 5.69. The monoisotopic (exact) mass is 348 g/mol. The molecule has 3 heterocycles. The zero-order valence-corrected chi connectivity index (χ0v) is 15.0. The van der Waals surface area contributed by atoms with Gasteiger partial charge in [0.05, 0.1) is 17.9 Å². The van der Waals surface area contributed by atoms with E-state index in [1.54, 1.807) is 13.3 Å². The first-order valence-corrected chi connectivity index (χ1v) is 9.12. The van der Waals surface area contributed by atoms with Crippen molar-refractivity contribution in [2.45, 2.75) is 37.9 Å². The summed E-state index contributed by atoms with van der Waals surface area (Å²) in [5.41, 5.74) is 0.892. The van der Waals surface area contributed by atoms with Crippen molar-refractivity contribution in [3.05, 3.63) is 30.1 Å². The SMILES string of the molecule is COCC(=O)N1CCC2(CC1)OCCC2CCOCc1ccccn1. The lowest BCUT2D eigenvalue weighted by molar-refractivity contribution is -0.141. The van der Waals surface area contributed by atoms with Gasteiger partial charge in [0.2, 0.25) is 5.91 Å². The standard InChI is InChI=1S/C19H28N2O4/c1-23-15-18(22)21-10-7-19(8-11-21)16(6-13-25-19)5-12-24-14-17-4-2-3-9-20-17/h2-4,9,16H,5-8,10-15H2,1H3. The Balaban J connectivity index is 1.44. The first kappa shape index (κ1) is 18.3. The maximum absolute atomic E-state index is 12.0. The van der Waals surface area contributed by atoms with Gasteiger partial charge < -0.3 is 19.1 Å². The zero-order valence-electron chi connectivity index (χ0n) is 15.0. The molecule has 1 aromatic heterocycles. The lowest BCUT2D eigenvalue weighted by Crippen LogP contribution is -2.50. The van der Waals surface area contributed by atoms with Gasteiger partial charge in [-0.2, -0.15) is 0 Å². The Hall–Kier alpha value is -1.50. The van der Waals surface area contributed by atoms with Crippen LogP contribution >= 0.6 is 0 Å². The van der Waals surface area contributed by atoms with Crippen LogP contribution in [0.3, 0.4) is 0 Å². The molecule has 1 amide bonds. The van der Waals surface area contributed by atoms with E-state index in [9.17, 15) is 4.79 Å². The fourth-order valence-electron chi connectivity index (χ4n) is 3.98. The molecule has 2 saturated heterocycles. The van der Waals surface area contributed by atoms with E-state index in [-0.39, 0.29) is 18.1 Å². The highest BCUT2D eigenvalue weighted by atomic mass is 16.5. The number of piperidine rings is 1. The Labute approximate surface area is 149 Å². The number of nitrogens with zero attached hydrogens (tertiary/aromatic N) is 2. The van der Waals surface area contributed by atoms with Crippen molar-refractivity contribution >= 4 is 5.91 Å². The molecule has 0 bridgehead atoms. The van der Waals surface area contributed by atoms with Gasteiger partial charge in [0.15, 0.2) is 0 Å². The maximum Gasteiger partial charge on any atom is 0.248 e. The third-order valence-electron chi connectivity index (χ3n) is 5.42. The molecule has 6 nitrogen and oxygen atoms in total. The molecule has 3 rings (SSSR count). The van der Waals surface area contributed by atoms with Gasteiger partial charge in [-0.1, -0.05) is 6.07 Å². The van der Waals surface area contributed by atoms with E-state index < -0.39 is 0 Å². The van der Waals surface area contributed by atoms with Crippen molar-refractivity contribution < 1.29 is 19.0 Å². The normalized spacial score (nSPS) is 22.4. The average molecular weight is 348 g/mol. The summed E-state index contributed by atoms with van der Waals surface area (Å²) >= 11 is 0. The van der Waals surface area contributed by atoms with E-state index >= 15 is 0 Å². The molecule has 1 atom stereocenters. The molecule has 1 aromatic rings. The van der Waals surface area contributed by atoms with Crippen LogP contribution in [0.2, 0.25) is 0 Å².